The minimum absolute atomic E-state index is 0.0927. The van der Waals surface area contributed by atoms with Gasteiger partial charge in [-0.05, 0) is 31.6 Å². The summed E-state index contributed by atoms with van der Waals surface area (Å²) in [7, 11) is 3.88. The predicted octanol–water partition coefficient (Wildman–Crippen LogP) is 4.04. The van der Waals surface area contributed by atoms with Crippen LogP contribution in [0.4, 0.5) is 4.39 Å². The lowest BCUT2D eigenvalue weighted by Gasteiger charge is -2.12. The molecule has 0 saturated heterocycles. The Labute approximate surface area is 99.3 Å². The molecule has 0 atom stereocenters. The van der Waals surface area contributed by atoms with Crippen LogP contribution in [0.5, 0.6) is 0 Å². The molecule has 0 aliphatic rings. The van der Waals surface area contributed by atoms with Crippen LogP contribution in [0, 0.1) is 5.82 Å². The zero-order chi connectivity index (χ0) is 12.7. The van der Waals surface area contributed by atoms with Crippen LogP contribution >= 0.6 is 0 Å². The second-order valence-electron chi connectivity index (χ2n) is 4.24. The molecule has 0 bridgehead atoms. The van der Waals surface area contributed by atoms with E-state index in [0.29, 0.717) is 12.5 Å². The van der Waals surface area contributed by atoms with Crippen LogP contribution in [-0.4, -0.2) is 19.0 Å². The Morgan fingerprint density at radius 3 is 2.12 bits per heavy atom. The summed E-state index contributed by atoms with van der Waals surface area (Å²) in [6.45, 7) is 8.80. The molecule has 92 valence electrons. The van der Waals surface area contributed by atoms with Crippen molar-refractivity contribution >= 4 is 0 Å². The lowest BCUT2D eigenvalue weighted by Crippen LogP contribution is -2.12. The summed E-state index contributed by atoms with van der Waals surface area (Å²) >= 11 is 0. The van der Waals surface area contributed by atoms with Crippen molar-refractivity contribution in [3.63, 3.8) is 0 Å². The summed E-state index contributed by atoms with van der Waals surface area (Å²) in [6, 6.07) is 5.53. The highest BCUT2D eigenvalue weighted by Crippen LogP contribution is 2.18. The number of benzene rings is 1. The van der Waals surface area contributed by atoms with Crippen LogP contribution in [0.3, 0.4) is 0 Å². The third-order valence-electron chi connectivity index (χ3n) is 2.23. The molecular weight excluding hydrogens is 201 g/mol. The molecule has 0 spiro atoms. The maximum Gasteiger partial charge on any atom is 0.127 e. The summed E-state index contributed by atoms with van der Waals surface area (Å²) < 4.78 is 13.5. The van der Waals surface area contributed by atoms with Crippen LogP contribution in [0.1, 0.15) is 44.7 Å². The number of halogens is 1. The maximum absolute atomic E-state index is 13.5. The smallest absolute Gasteiger partial charge is 0.127 e. The molecule has 0 fully saturated rings. The highest BCUT2D eigenvalue weighted by Gasteiger charge is 2.06. The van der Waals surface area contributed by atoms with Crippen molar-refractivity contribution in [2.75, 3.05) is 14.1 Å². The quantitative estimate of drug-likeness (QED) is 0.750. The van der Waals surface area contributed by atoms with Gasteiger partial charge in [0.25, 0.3) is 0 Å². The predicted molar refractivity (Wildman–Crippen MR) is 69.2 cm³/mol. The maximum atomic E-state index is 13.5. The molecule has 16 heavy (non-hydrogen) atoms. The van der Waals surface area contributed by atoms with Crippen LogP contribution < -0.4 is 0 Å². The highest BCUT2D eigenvalue weighted by molar-refractivity contribution is 5.26. The molecule has 0 N–H and O–H groups in total. The van der Waals surface area contributed by atoms with E-state index < -0.39 is 0 Å². The van der Waals surface area contributed by atoms with Crippen molar-refractivity contribution in [3.05, 3.63) is 35.1 Å². The van der Waals surface area contributed by atoms with Crippen molar-refractivity contribution in [1.29, 1.82) is 0 Å². The van der Waals surface area contributed by atoms with Gasteiger partial charge in [-0.25, -0.2) is 4.39 Å². The van der Waals surface area contributed by atoms with Crippen LogP contribution in [0.15, 0.2) is 18.2 Å². The molecule has 0 heterocycles. The van der Waals surface area contributed by atoms with Gasteiger partial charge in [0.2, 0.25) is 0 Å². The Morgan fingerprint density at radius 2 is 1.75 bits per heavy atom. The molecule has 0 saturated carbocycles. The summed E-state index contributed by atoms with van der Waals surface area (Å²) in [6.07, 6.45) is 0. The fourth-order valence-corrected chi connectivity index (χ4v) is 1.39. The first-order chi connectivity index (χ1) is 7.50. The van der Waals surface area contributed by atoms with E-state index in [1.807, 2.05) is 45.0 Å². The second-order valence-corrected chi connectivity index (χ2v) is 4.24. The standard InChI is InChI=1S/C12H18FN.C2H6/c1-9(2)10-5-6-11(8-14(3)4)12(13)7-10;1-2/h5-7,9H,8H2,1-4H3;1-2H3. The molecule has 0 aliphatic carbocycles. The minimum Gasteiger partial charge on any atom is -0.305 e. The SMILES string of the molecule is CC.CC(C)c1ccc(CN(C)C)c(F)c1. The van der Waals surface area contributed by atoms with E-state index >= 15 is 0 Å². The lowest BCUT2D eigenvalue weighted by molar-refractivity contribution is 0.392. The molecule has 0 aromatic heterocycles. The van der Waals surface area contributed by atoms with Gasteiger partial charge in [0.1, 0.15) is 5.82 Å². The summed E-state index contributed by atoms with van der Waals surface area (Å²) in [5.74, 6) is 0.294. The van der Waals surface area contributed by atoms with Crippen molar-refractivity contribution in [3.8, 4) is 0 Å². The van der Waals surface area contributed by atoms with E-state index in [4.69, 9.17) is 0 Å². The molecule has 2 heteroatoms. The fraction of sp³-hybridized carbons (Fsp3) is 0.571. The van der Waals surface area contributed by atoms with E-state index in [0.717, 1.165) is 11.1 Å². The monoisotopic (exact) mass is 225 g/mol. The molecule has 0 radical (unpaired) electrons. The third-order valence-corrected chi connectivity index (χ3v) is 2.23. The van der Waals surface area contributed by atoms with Gasteiger partial charge >= 0.3 is 0 Å². The van der Waals surface area contributed by atoms with Crippen molar-refractivity contribution in [1.82, 2.24) is 4.90 Å². The van der Waals surface area contributed by atoms with Crippen molar-refractivity contribution in [2.24, 2.45) is 0 Å². The first-order valence-corrected chi connectivity index (χ1v) is 5.93. The average molecular weight is 225 g/mol. The molecule has 0 aliphatic heterocycles. The van der Waals surface area contributed by atoms with Crippen LogP contribution in [0.25, 0.3) is 0 Å². The minimum atomic E-state index is -0.0927. The Hall–Kier alpha value is -0.890. The van der Waals surface area contributed by atoms with Gasteiger partial charge in [0, 0.05) is 12.1 Å². The molecule has 0 unspecified atom stereocenters. The second kappa shape index (κ2) is 7.39. The van der Waals surface area contributed by atoms with E-state index in [1.165, 1.54) is 0 Å². The van der Waals surface area contributed by atoms with E-state index in [9.17, 15) is 4.39 Å². The Bertz CT molecular complexity index is 306. The number of hydrogen-bond acceptors (Lipinski definition) is 1. The Morgan fingerprint density at radius 1 is 1.19 bits per heavy atom. The van der Waals surface area contributed by atoms with Crippen molar-refractivity contribution < 1.29 is 4.39 Å². The normalized spacial score (nSPS) is 10.3. The van der Waals surface area contributed by atoms with E-state index in [2.05, 4.69) is 13.8 Å². The van der Waals surface area contributed by atoms with Crippen LogP contribution in [0.2, 0.25) is 0 Å². The molecule has 1 nitrogen and oxygen atoms in total. The fourth-order valence-electron chi connectivity index (χ4n) is 1.39. The zero-order valence-electron chi connectivity index (χ0n) is 11.3. The Balaban J connectivity index is 0.00000106. The Kier molecular flexibility index (Phi) is 6.98. The van der Waals surface area contributed by atoms with Crippen LogP contribution in [-0.2, 0) is 6.54 Å². The largest absolute Gasteiger partial charge is 0.305 e. The van der Waals surface area contributed by atoms with Gasteiger partial charge in [-0.15, -0.1) is 0 Å². The first kappa shape index (κ1) is 15.1. The van der Waals surface area contributed by atoms with Gasteiger partial charge in [-0.1, -0.05) is 39.8 Å². The van der Waals surface area contributed by atoms with Gasteiger partial charge < -0.3 is 4.90 Å². The molecule has 1 aromatic carbocycles. The van der Waals surface area contributed by atoms with Crippen molar-refractivity contribution in [2.45, 2.75) is 40.2 Å². The number of rotatable bonds is 3. The topological polar surface area (TPSA) is 3.24 Å². The summed E-state index contributed by atoms with van der Waals surface area (Å²) in [5, 5.41) is 0. The van der Waals surface area contributed by atoms with E-state index in [-0.39, 0.29) is 5.82 Å². The third kappa shape index (κ3) is 4.75. The molecular formula is C14H24FN. The lowest BCUT2D eigenvalue weighted by atomic mass is 10.0. The number of hydrogen-bond donors (Lipinski definition) is 0. The van der Waals surface area contributed by atoms with Gasteiger partial charge in [0.15, 0.2) is 0 Å². The molecule has 1 aromatic rings. The molecule has 1 rings (SSSR count). The summed E-state index contributed by atoms with van der Waals surface area (Å²) in [5.41, 5.74) is 1.82. The average Bonchev–Trinajstić information content (AvgIpc) is 2.23. The molecule has 0 amide bonds. The van der Waals surface area contributed by atoms with E-state index in [1.54, 1.807) is 6.07 Å². The first-order valence-electron chi connectivity index (χ1n) is 5.93. The van der Waals surface area contributed by atoms with Gasteiger partial charge in [-0.3, -0.25) is 0 Å². The number of nitrogens with zero attached hydrogens (tertiary/aromatic N) is 1. The summed E-state index contributed by atoms with van der Waals surface area (Å²) in [4.78, 5) is 1.97. The van der Waals surface area contributed by atoms with Gasteiger partial charge in [0.05, 0.1) is 0 Å². The highest BCUT2D eigenvalue weighted by atomic mass is 19.1. The zero-order valence-corrected chi connectivity index (χ0v) is 11.3. The van der Waals surface area contributed by atoms with Gasteiger partial charge in [-0.2, -0.15) is 0 Å².